The van der Waals surface area contributed by atoms with E-state index in [2.05, 4.69) is 22.4 Å². The molecule has 1 rings (SSSR count). The Bertz CT molecular complexity index is 182. The van der Waals surface area contributed by atoms with Gasteiger partial charge in [-0.25, -0.2) is 0 Å². The zero-order chi connectivity index (χ0) is 8.10. The number of rotatable bonds is 4. The van der Waals surface area contributed by atoms with Crippen LogP contribution in [0.3, 0.4) is 0 Å². The van der Waals surface area contributed by atoms with E-state index in [9.17, 15) is 0 Å². The van der Waals surface area contributed by atoms with Gasteiger partial charge in [-0.2, -0.15) is 5.10 Å². The molecule has 1 atom stereocenters. The van der Waals surface area contributed by atoms with Gasteiger partial charge in [-0.15, -0.1) is 0 Å². The van der Waals surface area contributed by atoms with Crippen molar-refractivity contribution in [1.29, 1.82) is 0 Å². The SMILES string of the molecule is CC(NCCN)c1cn[nH]c1. The van der Waals surface area contributed by atoms with Crippen molar-refractivity contribution in [2.45, 2.75) is 13.0 Å². The highest BCUT2D eigenvalue weighted by Gasteiger charge is 2.03. The predicted octanol–water partition coefficient (Wildman–Crippen LogP) is 0.0190. The molecule has 0 aliphatic heterocycles. The lowest BCUT2D eigenvalue weighted by Gasteiger charge is -2.09. The average molecular weight is 154 g/mol. The average Bonchev–Trinajstić information content (AvgIpc) is 2.52. The molecule has 1 aromatic rings. The van der Waals surface area contributed by atoms with E-state index in [-0.39, 0.29) is 0 Å². The third-order valence-electron chi connectivity index (χ3n) is 1.61. The number of aromatic nitrogens is 2. The Labute approximate surface area is 66.2 Å². The van der Waals surface area contributed by atoms with Crippen LogP contribution in [0.4, 0.5) is 0 Å². The molecule has 1 unspecified atom stereocenters. The monoisotopic (exact) mass is 154 g/mol. The lowest BCUT2D eigenvalue weighted by molar-refractivity contribution is 0.582. The summed E-state index contributed by atoms with van der Waals surface area (Å²) in [7, 11) is 0. The zero-order valence-corrected chi connectivity index (χ0v) is 6.67. The second-order valence-corrected chi connectivity index (χ2v) is 2.50. The number of hydrogen-bond acceptors (Lipinski definition) is 3. The summed E-state index contributed by atoms with van der Waals surface area (Å²) in [5, 5.41) is 9.87. The number of hydrogen-bond donors (Lipinski definition) is 3. The van der Waals surface area contributed by atoms with Crippen molar-refractivity contribution in [2.24, 2.45) is 5.73 Å². The van der Waals surface area contributed by atoms with Gasteiger partial charge < -0.3 is 11.1 Å². The van der Waals surface area contributed by atoms with Crippen LogP contribution in [-0.4, -0.2) is 23.3 Å². The standard InChI is InChI=1S/C7H14N4/c1-6(9-3-2-8)7-4-10-11-5-7/h4-6,9H,2-3,8H2,1H3,(H,10,11). The summed E-state index contributed by atoms with van der Waals surface area (Å²) in [6, 6.07) is 0.331. The smallest absolute Gasteiger partial charge is 0.0534 e. The van der Waals surface area contributed by atoms with Gasteiger partial charge in [0.1, 0.15) is 0 Å². The number of H-pyrrole nitrogens is 1. The molecule has 0 aliphatic carbocycles. The summed E-state index contributed by atoms with van der Waals surface area (Å²) in [5.41, 5.74) is 6.51. The van der Waals surface area contributed by atoms with Crippen molar-refractivity contribution >= 4 is 0 Å². The minimum atomic E-state index is 0.331. The first-order valence-electron chi connectivity index (χ1n) is 3.76. The van der Waals surface area contributed by atoms with Gasteiger partial charge in [-0.05, 0) is 6.92 Å². The van der Waals surface area contributed by atoms with Crippen molar-refractivity contribution in [3.8, 4) is 0 Å². The molecule has 0 saturated heterocycles. The van der Waals surface area contributed by atoms with Crippen molar-refractivity contribution < 1.29 is 0 Å². The summed E-state index contributed by atoms with van der Waals surface area (Å²) in [6.07, 6.45) is 3.70. The highest BCUT2D eigenvalue weighted by molar-refractivity contribution is 5.07. The molecular weight excluding hydrogens is 140 g/mol. The van der Waals surface area contributed by atoms with Crippen LogP contribution in [0.15, 0.2) is 12.4 Å². The minimum absolute atomic E-state index is 0.331. The molecule has 4 N–H and O–H groups in total. The van der Waals surface area contributed by atoms with Gasteiger partial charge >= 0.3 is 0 Å². The molecule has 0 radical (unpaired) electrons. The van der Waals surface area contributed by atoms with Crippen LogP contribution >= 0.6 is 0 Å². The first kappa shape index (κ1) is 8.23. The van der Waals surface area contributed by atoms with Crippen LogP contribution in [0.2, 0.25) is 0 Å². The molecule has 0 fully saturated rings. The van der Waals surface area contributed by atoms with E-state index >= 15 is 0 Å². The van der Waals surface area contributed by atoms with Crippen LogP contribution in [0.5, 0.6) is 0 Å². The fourth-order valence-electron chi connectivity index (χ4n) is 0.915. The second kappa shape index (κ2) is 4.10. The van der Waals surface area contributed by atoms with Crippen LogP contribution in [-0.2, 0) is 0 Å². The van der Waals surface area contributed by atoms with Gasteiger partial charge in [0, 0.05) is 30.9 Å². The zero-order valence-electron chi connectivity index (χ0n) is 6.67. The van der Waals surface area contributed by atoms with Crippen molar-refractivity contribution in [3.05, 3.63) is 18.0 Å². The lowest BCUT2D eigenvalue weighted by Crippen LogP contribution is -2.25. The Hall–Kier alpha value is -0.870. The molecule has 62 valence electrons. The summed E-state index contributed by atoms with van der Waals surface area (Å²) in [6.45, 7) is 3.59. The van der Waals surface area contributed by atoms with Gasteiger partial charge in [-0.1, -0.05) is 0 Å². The Morgan fingerprint density at radius 2 is 2.64 bits per heavy atom. The lowest BCUT2D eigenvalue weighted by atomic mass is 10.2. The van der Waals surface area contributed by atoms with E-state index < -0.39 is 0 Å². The fourth-order valence-corrected chi connectivity index (χ4v) is 0.915. The third-order valence-corrected chi connectivity index (χ3v) is 1.61. The van der Waals surface area contributed by atoms with E-state index in [1.807, 2.05) is 12.4 Å². The second-order valence-electron chi connectivity index (χ2n) is 2.50. The first-order valence-corrected chi connectivity index (χ1v) is 3.76. The van der Waals surface area contributed by atoms with E-state index in [0.29, 0.717) is 12.6 Å². The van der Waals surface area contributed by atoms with E-state index in [4.69, 9.17) is 5.73 Å². The number of nitrogens with one attached hydrogen (secondary N) is 2. The van der Waals surface area contributed by atoms with Gasteiger partial charge in [0.25, 0.3) is 0 Å². The van der Waals surface area contributed by atoms with E-state index in [1.165, 1.54) is 5.56 Å². The molecule has 11 heavy (non-hydrogen) atoms. The van der Waals surface area contributed by atoms with Crippen LogP contribution < -0.4 is 11.1 Å². The molecular formula is C7H14N4. The largest absolute Gasteiger partial charge is 0.329 e. The topological polar surface area (TPSA) is 66.7 Å². The predicted molar refractivity (Wildman–Crippen MR) is 44.1 cm³/mol. The van der Waals surface area contributed by atoms with Gasteiger partial charge in [0.05, 0.1) is 6.20 Å². The molecule has 1 heterocycles. The minimum Gasteiger partial charge on any atom is -0.329 e. The maximum Gasteiger partial charge on any atom is 0.0534 e. The van der Waals surface area contributed by atoms with Gasteiger partial charge in [0.2, 0.25) is 0 Å². The molecule has 4 nitrogen and oxygen atoms in total. The fraction of sp³-hybridized carbons (Fsp3) is 0.571. The molecule has 1 aromatic heterocycles. The van der Waals surface area contributed by atoms with Crippen molar-refractivity contribution in [1.82, 2.24) is 15.5 Å². The van der Waals surface area contributed by atoms with Gasteiger partial charge in [0.15, 0.2) is 0 Å². The first-order chi connectivity index (χ1) is 5.34. The molecule has 0 bridgehead atoms. The highest BCUT2D eigenvalue weighted by atomic mass is 15.1. The Morgan fingerprint density at radius 3 is 3.18 bits per heavy atom. The molecule has 0 saturated carbocycles. The Kier molecular flexibility index (Phi) is 3.07. The number of aromatic amines is 1. The summed E-state index contributed by atoms with van der Waals surface area (Å²) in [4.78, 5) is 0. The molecule has 0 aromatic carbocycles. The van der Waals surface area contributed by atoms with E-state index in [0.717, 1.165) is 6.54 Å². The Balaban J connectivity index is 2.36. The summed E-state index contributed by atoms with van der Waals surface area (Å²) < 4.78 is 0. The summed E-state index contributed by atoms with van der Waals surface area (Å²) >= 11 is 0. The van der Waals surface area contributed by atoms with Crippen LogP contribution in [0.1, 0.15) is 18.5 Å². The van der Waals surface area contributed by atoms with Crippen molar-refractivity contribution in [2.75, 3.05) is 13.1 Å². The van der Waals surface area contributed by atoms with Crippen LogP contribution in [0, 0.1) is 0 Å². The van der Waals surface area contributed by atoms with Crippen molar-refractivity contribution in [3.63, 3.8) is 0 Å². The third kappa shape index (κ3) is 2.32. The molecule has 0 amide bonds. The Morgan fingerprint density at radius 1 is 1.82 bits per heavy atom. The normalized spacial score (nSPS) is 13.3. The molecule has 0 aliphatic rings. The van der Waals surface area contributed by atoms with Crippen LogP contribution in [0.25, 0.3) is 0 Å². The molecule has 4 heteroatoms. The maximum atomic E-state index is 5.34. The number of nitrogens with zero attached hydrogens (tertiary/aromatic N) is 1. The number of nitrogens with two attached hydrogens (primary N) is 1. The quantitative estimate of drug-likeness (QED) is 0.572. The highest BCUT2D eigenvalue weighted by Crippen LogP contribution is 2.07. The maximum absolute atomic E-state index is 5.34. The summed E-state index contributed by atoms with van der Waals surface area (Å²) in [5.74, 6) is 0. The van der Waals surface area contributed by atoms with Gasteiger partial charge in [-0.3, -0.25) is 5.10 Å². The molecule has 0 spiro atoms. The van der Waals surface area contributed by atoms with E-state index in [1.54, 1.807) is 0 Å².